The number of amides is 2. The van der Waals surface area contributed by atoms with Gasteiger partial charge in [-0.1, -0.05) is 40.2 Å². The summed E-state index contributed by atoms with van der Waals surface area (Å²) in [7, 11) is 0. The second-order valence-corrected chi connectivity index (χ2v) is 5.73. The molecule has 0 bridgehead atoms. The SMILES string of the molecule is O=C(Cc1ccccc1Br)Nc1ccc2c(c1)C(=O)NC2. The van der Waals surface area contributed by atoms with Crippen LogP contribution < -0.4 is 10.6 Å². The third-order valence-electron chi connectivity index (χ3n) is 3.39. The maximum Gasteiger partial charge on any atom is 0.251 e. The number of anilines is 1. The predicted octanol–water partition coefficient (Wildman–Crippen LogP) is 2.87. The molecule has 0 unspecified atom stereocenters. The van der Waals surface area contributed by atoms with Crippen molar-refractivity contribution in [3.05, 3.63) is 63.6 Å². The van der Waals surface area contributed by atoms with Gasteiger partial charge in [-0.2, -0.15) is 0 Å². The van der Waals surface area contributed by atoms with Gasteiger partial charge in [0.2, 0.25) is 5.91 Å². The minimum absolute atomic E-state index is 0.0908. The predicted molar refractivity (Wildman–Crippen MR) is 84.1 cm³/mol. The molecule has 2 N–H and O–H groups in total. The third-order valence-corrected chi connectivity index (χ3v) is 4.16. The molecule has 2 aromatic rings. The van der Waals surface area contributed by atoms with E-state index in [1.165, 1.54) is 0 Å². The summed E-state index contributed by atoms with van der Waals surface area (Å²) in [6, 6.07) is 13.0. The molecule has 21 heavy (non-hydrogen) atoms. The Balaban J connectivity index is 1.72. The first-order valence-electron chi connectivity index (χ1n) is 6.58. The Morgan fingerprint density at radius 2 is 2.05 bits per heavy atom. The molecule has 4 nitrogen and oxygen atoms in total. The molecule has 2 amide bonds. The van der Waals surface area contributed by atoms with Crippen LogP contribution in [-0.4, -0.2) is 11.8 Å². The van der Waals surface area contributed by atoms with Crippen molar-refractivity contribution in [1.82, 2.24) is 5.32 Å². The van der Waals surface area contributed by atoms with Crippen LogP contribution in [0.3, 0.4) is 0 Å². The standard InChI is InChI=1S/C16H13BrN2O2/c17-14-4-2-1-3-10(14)7-15(20)19-12-6-5-11-9-18-16(21)13(11)8-12/h1-6,8H,7,9H2,(H,18,21)(H,19,20). The highest BCUT2D eigenvalue weighted by molar-refractivity contribution is 9.10. The molecular weight excluding hydrogens is 332 g/mol. The van der Waals surface area contributed by atoms with Crippen molar-refractivity contribution < 1.29 is 9.59 Å². The van der Waals surface area contributed by atoms with Crippen LogP contribution in [0.25, 0.3) is 0 Å². The first-order chi connectivity index (χ1) is 10.1. The van der Waals surface area contributed by atoms with Gasteiger partial charge in [-0.15, -0.1) is 0 Å². The molecule has 1 aliphatic rings. The van der Waals surface area contributed by atoms with Crippen LogP contribution in [0.5, 0.6) is 0 Å². The van der Waals surface area contributed by atoms with Crippen molar-refractivity contribution in [3.8, 4) is 0 Å². The Morgan fingerprint density at radius 3 is 2.86 bits per heavy atom. The molecule has 3 rings (SSSR count). The molecule has 0 aliphatic carbocycles. The quantitative estimate of drug-likeness (QED) is 0.899. The number of nitrogens with one attached hydrogen (secondary N) is 2. The summed E-state index contributed by atoms with van der Waals surface area (Å²) in [5.41, 5.74) is 3.16. The zero-order valence-corrected chi connectivity index (χ0v) is 12.7. The van der Waals surface area contributed by atoms with Crippen LogP contribution in [0.2, 0.25) is 0 Å². The number of halogens is 1. The molecular formula is C16H13BrN2O2. The normalized spacial score (nSPS) is 12.7. The summed E-state index contributed by atoms with van der Waals surface area (Å²) >= 11 is 3.43. The smallest absolute Gasteiger partial charge is 0.251 e. The number of hydrogen-bond donors (Lipinski definition) is 2. The van der Waals surface area contributed by atoms with Crippen molar-refractivity contribution in [2.45, 2.75) is 13.0 Å². The molecule has 0 radical (unpaired) electrons. The zero-order valence-electron chi connectivity index (χ0n) is 11.2. The topological polar surface area (TPSA) is 58.2 Å². The maximum atomic E-state index is 12.1. The van der Waals surface area contributed by atoms with Crippen LogP contribution in [0, 0.1) is 0 Å². The van der Waals surface area contributed by atoms with Gasteiger partial charge >= 0.3 is 0 Å². The van der Waals surface area contributed by atoms with Gasteiger partial charge in [0.05, 0.1) is 6.42 Å². The summed E-state index contributed by atoms with van der Waals surface area (Å²) < 4.78 is 0.911. The molecule has 2 aromatic carbocycles. The number of benzene rings is 2. The molecule has 0 spiro atoms. The second-order valence-electron chi connectivity index (χ2n) is 4.87. The highest BCUT2D eigenvalue weighted by atomic mass is 79.9. The Labute approximate surface area is 130 Å². The van der Waals surface area contributed by atoms with Crippen molar-refractivity contribution in [1.29, 1.82) is 0 Å². The molecule has 0 saturated heterocycles. The van der Waals surface area contributed by atoms with Crippen molar-refractivity contribution >= 4 is 33.4 Å². The van der Waals surface area contributed by atoms with E-state index in [1.807, 2.05) is 36.4 Å². The first kappa shape index (κ1) is 13.8. The fraction of sp³-hybridized carbons (Fsp3) is 0.125. The number of fused-ring (bicyclic) bond motifs is 1. The first-order valence-corrected chi connectivity index (χ1v) is 7.37. The molecule has 0 saturated carbocycles. The summed E-state index contributed by atoms with van der Waals surface area (Å²) in [4.78, 5) is 23.7. The van der Waals surface area contributed by atoms with E-state index in [4.69, 9.17) is 0 Å². The van der Waals surface area contributed by atoms with E-state index in [0.717, 1.165) is 15.6 Å². The average molecular weight is 345 g/mol. The maximum absolute atomic E-state index is 12.1. The molecule has 1 heterocycles. The van der Waals surface area contributed by atoms with E-state index in [9.17, 15) is 9.59 Å². The van der Waals surface area contributed by atoms with E-state index in [-0.39, 0.29) is 18.2 Å². The molecule has 0 atom stereocenters. The van der Waals surface area contributed by atoms with E-state index in [2.05, 4.69) is 26.6 Å². The van der Waals surface area contributed by atoms with Gasteiger partial charge < -0.3 is 10.6 Å². The lowest BCUT2D eigenvalue weighted by atomic mass is 10.1. The van der Waals surface area contributed by atoms with Crippen molar-refractivity contribution in [2.75, 3.05) is 5.32 Å². The van der Waals surface area contributed by atoms with Gasteiger partial charge in [0.15, 0.2) is 0 Å². The number of carbonyl (C=O) groups is 2. The Kier molecular flexibility index (Phi) is 3.75. The van der Waals surface area contributed by atoms with Gasteiger partial charge in [0, 0.05) is 22.3 Å². The van der Waals surface area contributed by atoms with Crippen LogP contribution in [-0.2, 0) is 17.8 Å². The minimum atomic E-state index is -0.111. The Hall–Kier alpha value is -2.14. The fourth-order valence-electron chi connectivity index (χ4n) is 2.31. The Morgan fingerprint density at radius 1 is 1.24 bits per heavy atom. The van der Waals surface area contributed by atoms with Crippen LogP contribution in [0.4, 0.5) is 5.69 Å². The summed E-state index contributed by atoms with van der Waals surface area (Å²) in [6.45, 7) is 0.555. The fourth-order valence-corrected chi connectivity index (χ4v) is 2.74. The monoisotopic (exact) mass is 344 g/mol. The van der Waals surface area contributed by atoms with E-state index in [0.29, 0.717) is 17.8 Å². The molecule has 5 heteroatoms. The van der Waals surface area contributed by atoms with Gasteiger partial charge in [0.25, 0.3) is 5.91 Å². The molecule has 106 valence electrons. The van der Waals surface area contributed by atoms with E-state index in [1.54, 1.807) is 6.07 Å². The second kappa shape index (κ2) is 5.69. The highest BCUT2D eigenvalue weighted by Crippen LogP contribution is 2.21. The van der Waals surface area contributed by atoms with Gasteiger partial charge in [0.1, 0.15) is 0 Å². The number of carbonyl (C=O) groups excluding carboxylic acids is 2. The molecule has 1 aliphatic heterocycles. The Bertz CT molecular complexity index is 728. The minimum Gasteiger partial charge on any atom is -0.348 e. The highest BCUT2D eigenvalue weighted by Gasteiger charge is 2.19. The van der Waals surface area contributed by atoms with Gasteiger partial charge in [-0.25, -0.2) is 0 Å². The average Bonchev–Trinajstić information content (AvgIpc) is 2.83. The summed E-state index contributed by atoms with van der Waals surface area (Å²) in [5, 5.41) is 5.58. The van der Waals surface area contributed by atoms with Crippen LogP contribution in [0.1, 0.15) is 21.5 Å². The van der Waals surface area contributed by atoms with Crippen LogP contribution >= 0.6 is 15.9 Å². The summed E-state index contributed by atoms with van der Waals surface area (Å²) in [5.74, 6) is -0.202. The van der Waals surface area contributed by atoms with E-state index >= 15 is 0 Å². The molecule has 0 fully saturated rings. The van der Waals surface area contributed by atoms with Gasteiger partial charge in [-0.3, -0.25) is 9.59 Å². The third kappa shape index (κ3) is 2.97. The number of rotatable bonds is 3. The van der Waals surface area contributed by atoms with Crippen LogP contribution in [0.15, 0.2) is 46.9 Å². The van der Waals surface area contributed by atoms with E-state index < -0.39 is 0 Å². The number of hydrogen-bond acceptors (Lipinski definition) is 2. The largest absolute Gasteiger partial charge is 0.348 e. The summed E-state index contributed by atoms with van der Waals surface area (Å²) in [6.07, 6.45) is 0.282. The lowest BCUT2D eigenvalue weighted by molar-refractivity contribution is -0.115. The van der Waals surface area contributed by atoms with Crippen molar-refractivity contribution in [3.63, 3.8) is 0 Å². The lowest BCUT2D eigenvalue weighted by Crippen LogP contribution is -2.15. The van der Waals surface area contributed by atoms with Gasteiger partial charge in [-0.05, 0) is 29.3 Å². The van der Waals surface area contributed by atoms with Crippen molar-refractivity contribution in [2.24, 2.45) is 0 Å². The molecule has 0 aromatic heterocycles. The zero-order chi connectivity index (χ0) is 14.8. The lowest BCUT2D eigenvalue weighted by Gasteiger charge is -2.07.